The predicted octanol–water partition coefficient (Wildman–Crippen LogP) is 4.10. The number of piperidine rings is 1. The van der Waals surface area contributed by atoms with Crippen molar-refractivity contribution in [1.29, 1.82) is 0 Å². The summed E-state index contributed by atoms with van der Waals surface area (Å²) in [5.74, 6) is 0.638. The van der Waals surface area contributed by atoms with Crippen LogP contribution in [0.3, 0.4) is 0 Å². The van der Waals surface area contributed by atoms with Gasteiger partial charge in [-0.05, 0) is 98.0 Å². The number of rotatable bonds is 9. The van der Waals surface area contributed by atoms with E-state index in [-0.39, 0.29) is 43.7 Å². The molecule has 0 saturated carbocycles. The highest BCUT2D eigenvalue weighted by atomic mass is 16.5. The number of fused-ring (bicyclic) bond motifs is 4. The molecule has 4 amide bonds. The first kappa shape index (κ1) is 36.2. The molecule has 11 nitrogen and oxygen atoms in total. The van der Waals surface area contributed by atoms with Gasteiger partial charge in [0.05, 0.1) is 33.2 Å². The fourth-order valence-corrected chi connectivity index (χ4v) is 6.31. The van der Waals surface area contributed by atoms with Crippen molar-refractivity contribution in [3.05, 3.63) is 89.5 Å². The van der Waals surface area contributed by atoms with E-state index in [4.69, 9.17) is 14.2 Å². The van der Waals surface area contributed by atoms with E-state index >= 15 is 0 Å². The standard InChI is InChI=1S/C39H48N4O7/c1-27-10-12-33-23-30(27)25-40-38(46)34(17-11-28-7-4-3-5-8-28)42-39(47)35(24-37(45)43-20-6-9-29(26-43)18-21-50-33)41-36(44)19-22-49-32-15-13-31(48-2)14-16-32/h3-5,7-8,10,12-16,23,29,34-35H,6,9,11,17-22,24-26H2,1-2H3,(H,40,46)(H,41,44)(H,42,47)/t29?,34-,35-/m0/s1. The summed E-state index contributed by atoms with van der Waals surface area (Å²) in [6.07, 6.45) is 3.21. The fourth-order valence-electron chi connectivity index (χ4n) is 6.31. The Bertz CT molecular complexity index is 1600. The Balaban J connectivity index is 1.34. The van der Waals surface area contributed by atoms with E-state index in [9.17, 15) is 19.2 Å². The molecule has 2 heterocycles. The zero-order valence-electron chi connectivity index (χ0n) is 29.0. The van der Waals surface area contributed by atoms with Gasteiger partial charge in [-0.2, -0.15) is 0 Å². The molecule has 0 spiro atoms. The zero-order valence-corrected chi connectivity index (χ0v) is 29.0. The van der Waals surface area contributed by atoms with E-state index in [1.807, 2.05) is 55.5 Å². The van der Waals surface area contributed by atoms with Crippen LogP contribution in [0.15, 0.2) is 72.8 Å². The highest BCUT2D eigenvalue weighted by Gasteiger charge is 2.32. The van der Waals surface area contributed by atoms with Crippen molar-refractivity contribution in [2.45, 2.75) is 70.5 Å². The van der Waals surface area contributed by atoms with Crippen LogP contribution < -0.4 is 30.2 Å². The van der Waals surface area contributed by atoms with Gasteiger partial charge < -0.3 is 35.1 Å². The molecule has 1 fully saturated rings. The molecule has 3 N–H and O–H groups in total. The summed E-state index contributed by atoms with van der Waals surface area (Å²) in [6.45, 7) is 3.94. The van der Waals surface area contributed by atoms with E-state index in [0.717, 1.165) is 41.7 Å². The largest absolute Gasteiger partial charge is 0.497 e. The molecule has 0 radical (unpaired) electrons. The Morgan fingerprint density at radius 3 is 2.54 bits per heavy atom. The molecule has 0 aromatic heterocycles. The molecule has 0 aliphatic carbocycles. The molecule has 2 aliphatic rings. The molecule has 3 aromatic rings. The summed E-state index contributed by atoms with van der Waals surface area (Å²) in [6, 6.07) is 20.5. The quantitative estimate of drug-likeness (QED) is 0.309. The van der Waals surface area contributed by atoms with Crippen LogP contribution in [-0.4, -0.2) is 74.0 Å². The van der Waals surface area contributed by atoms with Crippen molar-refractivity contribution in [1.82, 2.24) is 20.9 Å². The number of methoxy groups -OCH3 is 1. The zero-order chi connectivity index (χ0) is 35.3. The Kier molecular flexibility index (Phi) is 13.1. The van der Waals surface area contributed by atoms with Gasteiger partial charge in [0.1, 0.15) is 29.3 Å². The average molecular weight is 685 g/mol. The normalized spacial score (nSPS) is 20.3. The van der Waals surface area contributed by atoms with Crippen molar-refractivity contribution in [3.8, 4) is 17.2 Å². The fraction of sp³-hybridized carbons (Fsp3) is 0.436. The average Bonchev–Trinajstić information content (AvgIpc) is 3.13. The van der Waals surface area contributed by atoms with E-state index in [1.54, 1.807) is 36.3 Å². The minimum absolute atomic E-state index is 0.0356. The maximum atomic E-state index is 13.9. The van der Waals surface area contributed by atoms with E-state index in [1.165, 1.54) is 0 Å². The lowest BCUT2D eigenvalue weighted by Crippen LogP contribution is -2.55. The van der Waals surface area contributed by atoms with Crippen LogP contribution in [-0.2, 0) is 32.1 Å². The first-order valence-electron chi connectivity index (χ1n) is 17.5. The van der Waals surface area contributed by atoms with Gasteiger partial charge in [0.2, 0.25) is 23.6 Å². The molecule has 1 saturated heterocycles. The van der Waals surface area contributed by atoms with Crippen molar-refractivity contribution >= 4 is 23.6 Å². The summed E-state index contributed by atoms with van der Waals surface area (Å²) in [4.78, 5) is 56.2. The summed E-state index contributed by atoms with van der Waals surface area (Å²) in [7, 11) is 1.58. The monoisotopic (exact) mass is 684 g/mol. The minimum Gasteiger partial charge on any atom is -0.497 e. The second-order valence-corrected chi connectivity index (χ2v) is 13.0. The number of aryl methyl sites for hydroxylation is 2. The molecular weight excluding hydrogens is 636 g/mol. The third-order valence-corrected chi connectivity index (χ3v) is 9.33. The first-order chi connectivity index (χ1) is 24.3. The van der Waals surface area contributed by atoms with Crippen molar-refractivity contribution in [2.75, 3.05) is 33.4 Å². The Hall–Kier alpha value is -5.06. The number of hydrogen-bond acceptors (Lipinski definition) is 7. The van der Waals surface area contributed by atoms with Gasteiger partial charge >= 0.3 is 0 Å². The maximum absolute atomic E-state index is 13.9. The number of benzene rings is 3. The summed E-state index contributed by atoms with van der Waals surface area (Å²) in [5, 5.41) is 8.65. The smallest absolute Gasteiger partial charge is 0.243 e. The van der Waals surface area contributed by atoms with Crippen LogP contribution in [0.1, 0.15) is 55.2 Å². The molecule has 50 heavy (non-hydrogen) atoms. The Morgan fingerprint density at radius 1 is 0.980 bits per heavy atom. The molecule has 266 valence electrons. The van der Waals surface area contributed by atoms with Gasteiger partial charge in [0, 0.05) is 19.6 Å². The third kappa shape index (κ3) is 10.7. The number of hydrogen-bond donors (Lipinski definition) is 3. The van der Waals surface area contributed by atoms with Gasteiger partial charge in [0.25, 0.3) is 0 Å². The third-order valence-electron chi connectivity index (χ3n) is 9.33. The number of carbonyl (C=O) groups excluding carboxylic acids is 4. The SMILES string of the molecule is COc1ccc(OCCC(=O)N[C@H]2CC(=O)N3CCCC(CCOc4ccc(C)c(c4)CNC(=O)[C@H](CCc4ccccc4)NC2=O)C3)cc1. The lowest BCUT2D eigenvalue weighted by atomic mass is 9.94. The topological polar surface area (TPSA) is 135 Å². The van der Waals surface area contributed by atoms with Crippen molar-refractivity contribution < 1.29 is 33.4 Å². The molecular formula is C39H48N4O7. The first-order valence-corrected chi connectivity index (χ1v) is 17.5. The van der Waals surface area contributed by atoms with Crippen LogP contribution in [0.4, 0.5) is 0 Å². The molecule has 3 aromatic carbocycles. The van der Waals surface area contributed by atoms with Crippen LogP contribution in [0, 0.1) is 12.8 Å². The number of carbonyl (C=O) groups is 4. The van der Waals surface area contributed by atoms with Crippen LogP contribution in [0.25, 0.3) is 0 Å². The highest BCUT2D eigenvalue weighted by molar-refractivity contribution is 5.95. The molecule has 3 atom stereocenters. The number of amides is 4. The number of ether oxygens (including phenoxy) is 3. The Labute approximate surface area is 294 Å². The highest BCUT2D eigenvalue weighted by Crippen LogP contribution is 2.23. The molecule has 1 unspecified atom stereocenters. The predicted molar refractivity (Wildman–Crippen MR) is 189 cm³/mol. The van der Waals surface area contributed by atoms with Gasteiger partial charge in [0.15, 0.2) is 0 Å². The van der Waals surface area contributed by atoms with Gasteiger partial charge in [-0.25, -0.2) is 0 Å². The van der Waals surface area contributed by atoms with Gasteiger partial charge in [-0.3, -0.25) is 19.2 Å². The molecule has 5 rings (SSSR count). The van der Waals surface area contributed by atoms with Crippen molar-refractivity contribution in [2.24, 2.45) is 5.92 Å². The molecule has 4 bridgehead atoms. The lowest BCUT2D eigenvalue weighted by Gasteiger charge is -2.34. The maximum Gasteiger partial charge on any atom is 0.243 e. The molecule has 2 aliphatic heterocycles. The van der Waals surface area contributed by atoms with Gasteiger partial charge in [-0.15, -0.1) is 0 Å². The van der Waals surface area contributed by atoms with E-state index in [0.29, 0.717) is 44.0 Å². The number of nitrogens with one attached hydrogen (secondary N) is 3. The summed E-state index contributed by atoms with van der Waals surface area (Å²) < 4.78 is 17.0. The van der Waals surface area contributed by atoms with Crippen LogP contribution >= 0.6 is 0 Å². The second-order valence-electron chi connectivity index (χ2n) is 13.0. The van der Waals surface area contributed by atoms with Crippen molar-refractivity contribution in [3.63, 3.8) is 0 Å². The van der Waals surface area contributed by atoms with Crippen LogP contribution in [0.2, 0.25) is 0 Å². The van der Waals surface area contributed by atoms with E-state index in [2.05, 4.69) is 16.0 Å². The van der Waals surface area contributed by atoms with E-state index < -0.39 is 23.9 Å². The lowest BCUT2D eigenvalue weighted by molar-refractivity contribution is -0.138. The van der Waals surface area contributed by atoms with Gasteiger partial charge in [-0.1, -0.05) is 36.4 Å². The molecule has 11 heteroatoms. The summed E-state index contributed by atoms with van der Waals surface area (Å²) in [5.41, 5.74) is 2.95. The minimum atomic E-state index is -1.18. The second kappa shape index (κ2) is 18.1. The number of nitrogens with zero attached hydrogens (tertiary/aromatic N) is 1. The Morgan fingerprint density at radius 2 is 1.76 bits per heavy atom. The van der Waals surface area contributed by atoms with Crippen LogP contribution in [0.5, 0.6) is 17.2 Å². The summed E-state index contributed by atoms with van der Waals surface area (Å²) >= 11 is 0.